The van der Waals surface area contributed by atoms with Crippen molar-refractivity contribution in [1.29, 1.82) is 0 Å². The van der Waals surface area contributed by atoms with Crippen molar-refractivity contribution in [2.75, 3.05) is 20.3 Å². The lowest BCUT2D eigenvalue weighted by Crippen LogP contribution is -2.23. The molecule has 0 spiro atoms. The molecular weight excluding hydrogens is 380 g/mol. The predicted octanol–water partition coefficient (Wildman–Crippen LogP) is 5.47. The van der Waals surface area contributed by atoms with Crippen molar-refractivity contribution in [2.45, 2.75) is 79.1 Å². The molecule has 5 heteroatoms. The summed E-state index contributed by atoms with van der Waals surface area (Å²) < 4.78 is 9.84. The van der Waals surface area contributed by atoms with Crippen molar-refractivity contribution >= 4 is 11.9 Å². The first-order valence-electron chi connectivity index (χ1n) is 11.5. The molecule has 0 heterocycles. The van der Waals surface area contributed by atoms with Crippen LogP contribution in [0.2, 0.25) is 0 Å². The molecule has 0 aromatic rings. The van der Waals surface area contributed by atoms with E-state index in [1.165, 1.54) is 32.8 Å². The van der Waals surface area contributed by atoms with E-state index in [1.54, 1.807) is 12.2 Å². The fraction of sp³-hybridized carbons (Fsp3) is 0.760. The van der Waals surface area contributed by atoms with E-state index in [1.807, 2.05) is 26.0 Å². The summed E-state index contributed by atoms with van der Waals surface area (Å²) in [7, 11) is 1.47. The van der Waals surface area contributed by atoms with Gasteiger partial charge in [0.15, 0.2) is 0 Å². The van der Waals surface area contributed by atoms with Crippen LogP contribution in [-0.2, 0) is 19.1 Å². The Morgan fingerprint density at radius 1 is 0.867 bits per heavy atom. The molecule has 5 nitrogen and oxygen atoms in total. The van der Waals surface area contributed by atoms with Gasteiger partial charge in [0, 0.05) is 0 Å². The van der Waals surface area contributed by atoms with E-state index < -0.39 is 0 Å². The van der Waals surface area contributed by atoms with Gasteiger partial charge in [-0.15, -0.1) is 0 Å². The monoisotopic (exact) mass is 424 g/mol. The van der Waals surface area contributed by atoms with E-state index in [2.05, 4.69) is 13.8 Å². The third-order valence-corrected chi connectivity index (χ3v) is 5.64. The Bertz CT molecular complexity index is 512. The SMILES string of the molecule is C/C=C/CO.C/C=C/COC(=O)C1CCCC(C)C1.COC(=O)C1CCCC(C)C1. The topological polar surface area (TPSA) is 72.8 Å². The number of aliphatic hydroxyl groups excluding tert-OH is 1. The summed E-state index contributed by atoms with van der Waals surface area (Å²) >= 11 is 0. The zero-order valence-corrected chi connectivity index (χ0v) is 19.8. The number of carbonyl (C=O) groups excluding carboxylic acids is 2. The highest BCUT2D eigenvalue weighted by molar-refractivity contribution is 5.72. The van der Waals surface area contributed by atoms with Crippen LogP contribution >= 0.6 is 0 Å². The molecule has 2 fully saturated rings. The van der Waals surface area contributed by atoms with E-state index >= 15 is 0 Å². The Hall–Kier alpha value is -1.62. The summed E-state index contributed by atoms with van der Waals surface area (Å²) in [4.78, 5) is 22.7. The molecule has 0 saturated heterocycles. The fourth-order valence-corrected chi connectivity index (χ4v) is 3.91. The van der Waals surface area contributed by atoms with Gasteiger partial charge in [-0.3, -0.25) is 9.59 Å². The molecule has 0 amide bonds. The van der Waals surface area contributed by atoms with E-state index in [-0.39, 0.29) is 30.4 Å². The Morgan fingerprint density at radius 3 is 1.73 bits per heavy atom. The summed E-state index contributed by atoms with van der Waals surface area (Å²) in [5.41, 5.74) is 0. The first-order chi connectivity index (χ1) is 14.4. The first-order valence-corrected chi connectivity index (χ1v) is 11.5. The van der Waals surface area contributed by atoms with Crippen LogP contribution in [0, 0.1) is 23.7 Å². The van der Waals surface area contributed by atoms with Crippen LogP contribution in [0.3, 0.4) is 0 Å². The molecule has 4 atom stereocenters. The van der Waals surface area contributed by atoms with Crippen LogP contribution in [0.5, 0.6) is 0 Å². The lowest BCUT2D eigenvalue weighted by molar-refractivity contribution is -0.149. The normalized spacial score (nSPS) is 26.2. The van der Waals surface area contributed by atoms with Crippen molar-refractivity contribution in [3.8, 4) is 0 Å². The van der Waals surface area contributed by atoms with Gasteiger partial charge in [-0.1, -0.05) is 63.8 Å². The fourth-order valence-electron chi connectivity index (χ4n) is 3.91. The summed E-state index contributed by atoms with van der Waals surface area (Å²) in [6.45, 7) is 8.81. The van der Waals surface area contributed by atoms with Crippen LogP contribution in [0.15, 0.2) is 24.3 Å². The number of allylic oxidation sites excluding steroid dienone is 2. The van der Waals surface area contributed by atoms with Gasteiger partial charge in [0.2, 0.25) is 0 Å². The maximum Gasteiger partial charge on any atom is 0.309 e. The molecular formula is C25H44O5. The van der Waals surface area contributed by atoms with E-state index in [0.29, 0.717) is 18.4 Å². The number of methoxy groups -OCH3 is 1. The van der Waals surface area contributed by atoms with Gasteiger partial charge in [-0.2, -0.15) is 0 Å². The van der Waals surface area contributed by atoms with Crippen LogP contribution in [0.25, 0.3) is 0 Å². The predicted molar refractivity (Wildman–Crippen MR) is 122 cm³/mol. The number of carbonyl (C=O) groups is 2. The van der Waals surface area contributed by atoms with Gasteiger partial charge in [-0.05, 0) is 51.4 Å². The number of ether oxygens (including phenoxy) is 2. The molecule has 2 saturated carbocycles. The Labute approximate surface area is 183 Å². The van der Waals surface area contributed by atoms with Gasteiger partial charge < -0.3 is 14.6 Å². The average molecular weight is 425 g/mol. The summed E-state index contributed by atoms with van der Waals surface area (Å²) in [5, 5.41) is 7.98. The minimum Gasteiger partial charge on any atom is -0.469 e. The van der Waals surface area contributed by atoms with Crippen molar-refractivity contribution in [1.82, 2.24) is 0 Å². The lowest BCUT2D eigenvalue weighted by atomic mass is 9.82. The maximum absolute atomic E-state index is 11.6. The number of hydrogen-bond acceptors (Lipinski definition) is 5. The molecule has 4 unspecified atom stereocenters. The minimum atomic E-state index is -0.0171. The molecule has 0 radical (unpaired) electrons. The van der Waals surface area contributed by atoms with Gasteiger partial charge in [0.1, 0.15) is 6.61 Å². The summed E-state index contributed by atoms with van der Waals surface area (Å²) in [6.07, 6.45) is 16.2. The highest BCUT2D eigenvalue weighted by Gasteiger charge is 2.26. The highest BCUT2D eigenvalue weighted by atomic mass is 16.5. The maximum atomic E-state index is 11.6. The van der Waals surface area contributed by atoms with Crippen LogP contribution in [0.1, 0.15) is 79.1 Å². The number of esters is 2. The molecule has 0 aromatic heterocycles. The smallest absolute Gasteiger partial charge is 0.309 e. The quantitative estimate of drug-likeness (QED) is 0.468. The van der Waals surface area contributed by atoms with Crippen molar-refractivity contribution in [3.05, 3.63) is 24.3 Å². The van der Waals surface area contributed by atoms with Crippen LogP contribution in [-0.4, -0.2) is 37.4 Å². The number of hydrogen-bond donors (Lipinski definition) is 1. The van der Waals surface area contributed by atoms with Gasteiger partial charge >= 0.3 is 11.9 Å². The largest absolute Gasteiger partial charge is 0.469 e. The third-order valence-electron chi connectivity index (χ3n) is 5.64. The molecule has 1 N–H and O–H groups in total. The van der Waals surface area contributed by atoms with Crippen LogP contribution in [0.4, 0.5) is 0 Å². The van der Waals surface area contributed by atoms with E-state index in [0.717, 1.165) is 25.7 Å². The van der Waals surface area contributed by atoms with Gasteiger partial charge in [0.25, 0.3) is 0 Å². The molecule has 174 valence electrons. The summed E-state index contributed by atoms with van der Waals surface area (Å²) in [6, 6.07) is 0. The van der Waals surface area contributed by atoms with Gasteiger partial charge in [-0.25, -0.2) is 0 Å². The number of aliphatic hydroxyl groups is 1. The zero-order valence-electron chi connectivity index (χ0n) is 19.8. The second-order valence-corrected chi connectivity index (χ2v) is 8.41. The molecule has 2 aliphatic carbocycles. The minimum absolute atomic E-state index is 0.00495. The highest BCUT2D eigenvalue weighted by Crippen LogP contribution is 2.30. The summed E-state index contributed by atoms with van der Waals surface area (Å²) in [5.74, 6) is 1.70. The molecule has 0 bridgehead atoms. The molecule has 2 rings (SSSR count). The Kier molecular flexibility index (Phi) is 17.2. The van der Waals surface area contributed by atoms with Crippen LogP contribution < -0.4 is 0 Å². The van der Waals surface area contributed by atoms with E-state index in [4.69, 9.17) is 14.6 Å². The first kappa shape index (κ1) is 28.4. The third kappa shape index (κ3) is 13.6. The second kappa shape index (κ2) is 18.2. The van der Waals surface area contributed by atoms with E-state index in [9.17, 15) is 9.59 Å². The second-order valence-electron chi connectivity index (χ2n) is 8.41. The number of rotatable bonds is 5. The molecule has 30 heavy (non-hydrogen) atoms. The van der Waals surface area contributed by atoms with Crippen molar-refractivity contribution < 1.29 is 24.2 Å². The average Bonchev–Trinajstić information content (AvgIpc) is 2.75. The van der Waals surface area contributed by atoms with Crippen molar-refractivity contribution in [2.24, 2.45) is 23.7 Å². The van der Waals surface area contributed by atoms with Gasteiger partial charge in [0.05, 0.1) is 25.6 Å². The standard InChI is InChI=1S/C12H20O2.C9H16O2.C4H8O/c1-3-4-8-14-12(13)11-7-5-6-10(2)9-11;1-7-4-3-5-8(6-7)9(10)11-2;1-2-3-4-5/h3-4,10-11H,5-9H2,1-2H3;7-8H,3-6H2,1-2H3;2-3,5H,4H2,1H3/b4-3+;;3-2+. The molecule has 0 aliphatic heterocycles. The Balaban J connectivity index is 0.000000468. The molecule has 2 aliphatic rings. The zero-order chi connectivity index (χ0) is 22.8. The molecule has 0 aromatic carbocycles. The van der Waals surface area contributed by atoms with Crippen molar-refractivity contribution in [3.63, 3.8) is 0 Å². The lowest BCUT2D eigenvalue weighted by Gasteiger charge is -2.24. The Morgan fingerprint density at radius 2 is 1.37 bits per heavy atom.